The van der Waals surface area contributed by atoms with Gasteiger partial charge < -0.3 is 9.47 Å². The molecule has 0 amide bonds. The number of nitro groups is 2. The molecule has 0 atom stereocenters. The number of non-ortho nitro benzene ring substituents is 2. The van der Waals surface area contributed by atoms with E-state index in [1.807, 2.05) is 0 Å². The molecule has 0 heterocycles. The Morgan fingerprint density at radius 2 is 0.923 bits per heavy atom. The van der Waals surface area contributed by atoms with Gasteiger partial charge in [0, 0.05) is 24.3 Å². The highest BCUT2D eigenvalue weighted by Gasteiger charge is 2.83. The summed E-state index contributed by atoms with van der Waals surface area (Å²) >= 11 is 0. The average Bonchev–Trinajstić information content (AvgIpc) is 2.87. The van der Waals surface area contributed by atoms with Gasteiger partial charge in [0.05, 0.1) is 9.85 Å². The molecule has 39 heavy (non-hydrogen) atoms. The van der Waals surface area contributed by atoms with Gasteiger partial charge in [0.25, 0.3) is 11.4 Å². The number of halogens is 12. The molecule has 8 nitrogen and oxygen atoms in total. The zero-order chi connectivity index (χ0) is 29.9. The molecule has 1 aliphatic rings. The lowest BCUT2D eigenvalue weighted by Gasteiger charge is -2.24. The smallest absolute Gasteiger partial charge is 0.420 e. The number of nitrogens with zero attached hydrogens (tertiary/aromatic N) is 2. The zero-order valence-electron chi connectivity index (χ0n) is 17.8. The van der Waals surface area contributed by atoms with E-state index < -0.39 is 85.5 Å². The third-order valence-electron chi connectivity index (χ3n) is 4.95. The number of hydrogen-bond acceptors (Lipinski definition) is 6. The van der Waals surface area contributed by atoms with Crippen LogP contribution in [0.2, 0.25) is 0 Å². The fraction of sp³-hybridized carbons (Fsp3) is 0.263. The minimum atomic E-state index is -6.55. The van der Waals surface area contributed by atoms with Crippen molar-refractivity contribution in [2.24, 2.45) is 0 Å². The fourth-order valence-corrected chi connectivity index (χ4v) is 3.09. The van der Waals surface area contributed by atoms with Crippen molar-refractivity contribution in [3.05, 3.63) is 79.3 Å². The highest BCUT2D eigenvalue weighted by molar-refractivity contribution is 5.50. The van der Waals surface area contributed by atoms with Crippen LogP contribution in [-0.4, -0.2) is 27.6 Å². The maximum absolute atomic E-state index is 14.5. The van der Waals surface area contributed by atoms with Gasteiger partial charge in [-0.2, -0.15) is 52.7 Å². The first-order valence-corrected chi connectivity index (χ1v) is 9.49. The molecule has 0 aliphatic heterocycles. The van der Waals surface area contributed by atoms with Gasteiger partial charge in [0.2, 0.25) is 11.5 Å². The van der Waals surface area contributed by atoms with Crippen molar-refractivity contribution in [2.75, 3.05) is 0 Å². The zero-order valence-corrected chi connectivity index (χ0v) is 17.8. The van der Waals surface area contributed by atoms with E-state index in [0.717, 1.165) is 0 Å². The van der Waals surface area contributed by atoms with Crippen molar-refractivity contribution >= 4 is 11.4 Å². The first kappa shape index (κ1) is 29.3. The van der Waals surface area contributed by atoms with E-state index in [9.17, 15) is 72.9 Å². The van der Waals surface area contributed by atoms with Crippen LogP contribution in [0.4, 0.5) is 64.1 Å². The summed E-state index contributed by atoms with van der Waals surface area (Å²) in [6, 6.07) is -0.400. The second kappa shape index (κ2) is 8.90. The molecular weight excluding hydrogens is 580 g/mol. The second-order valence-corrected chi connectivity index (χ2v) is 7.46. The number of nitro benzene ring substituents is 2. The molecule has 0 fully saturated rings. The fourth-order valence-electron chi connectivity index (χ4n) is 3.09. The standard InChI is InChI=1S/C19H6F12N2O6/c20-15(21)13(38-11-3-1-7(32(34)35)5-9(11)17(24,25)26)14(16(22,23)19(15,30)31)39-12-4-2-8(33(36)37)6-10(12)18(27,28)29/h1-6H. The van der Waals surface area contributed by atoms with Gasteiger partial charge in [-0.05, 0) is 12.1 Å². The number of rotatable bonds is 6. The van der Waals surface area contributed by atoms with Crippen molar-refractivity contribution in [3.8, 4) is 11.5 Å². The quantitative estimate of drug-likeness (QED) is 0.203. The van der Waals surface area contributed by atoms with Crippen molar-refractivity contribution < 1.29 is 72.0 Å². The Morgan fingerprint density at radius 1 is 0.615 bits per heavy atom. The van der Waals surface area contributed by atoms with Crippen LogP contribution in [0.25, 0.3) is 0 Å². The summed E-state index contributed by atoms with van der Waals surface area (Å²) in [5.74, 6) is -29.1. The third-order valence-corrected chi connectivity index (χ3v) is 4.95. The van der Waals surface area contributed by atoms with Crippen LogP contribution in [0.3, 0.4) is 0 Å². The minimum Gasteiger partial charge on any atom is -0.451 e. The van der Waals surface area contributed by atoms with Crippen LogP contribution in [0.5, 0.6) is 11.5 Å². The molecule has 0 radical (unpaired) electrons. The molecule has 20 heteroatoms. The normalized spacial score (nSPS) is 18.2. The summed E-state index contributed by atoms with van der Waals surface area (Å²) in [6.07, 6.45) is -11.4. The van der Waals surface area contributed by atoms with E-state index in [1.54, 1.807) is 0 Å². The lowest BCUT2D eigenvalue weighted by atomic mass is 10.1. The summed E-state index contributed by atoms with van der Waals surface area (Å²) in [6.45, 7) is 0. The molecule has 0 N–H and O–H groups in total. The highest BCUT2D eigenvalue weighted by atomic mass is 19.4. The molecule has 2 aromatic rings. The molecule has 0 aromatic heterocycles. The summed E-state index contributed by atoms with van der Waals surface area (Å²) in [7, 11) is 0. The van der Waals surface area contributed by atoms with E-state index in [1.165, 1.54) is 0 Å². The number of hydrogen-bond donors (Lipinski definition) is 0. The molecule has 3 rings (SSSR count). The highest BCUT2D eigenvalue weighted by Crippen LogP contribution is 2.60. The molecule has 0 saturated carbocycles. The van der Waals surface area contributed by atoms with Crippen molar-refractivity contribution in [2.45, 2.75) is 30.1 Å². The van der Waals surface area contributed by atoms with Crippen LogP contribution in [0.1, 0.15) is 11.1 Å². The Kier molecular flexibility index (Phi) is 6.69. The molecule has 1 aliphatic carbocycles. The minimum absolute atomic E-state index is 0.0662. The van der Waals surface area contributed by atoms with E-state index in [0.29, 0.717) is 0 Å². The van der Waals surface area contributed by atoms with E-state index in [2.05, 4.69) is 9.47 Å². The van der Waals surface area contributed by atoms with E-state index >= 15 is 0 Å². The van der Waals surface area contributed by atoms with Crippen LogP contribution in [0, 0.1) is 20.2 Å². The van der Waals surface area contributed by atoms with Crippen LogP contribution in [-0.2, 0) is 12.4 Å². The predicted molar refractivity (Wildman–Crippen MR) is 99.3 cm³/mol. The molecule has 212 valence electrons. The molecule has 2 aromatic carbocycles. The van der Waals surface area contributed by atoms with Crippen molar-refractivity contribution in [1.29, 1.82) is 0 Å². The Bertz CT molecular complexity index is 1280. The number of ether oxygens (including phenoxy) is 2. The van der Waals surface area contributed by atoms with Gasteiger partial charge in [-0.1, -0.05) is 0 Å². The molecule has 0 spiro atoms. The topological polar surface area (TPSA) is 105 Å². The average molecular weight is 586 g/mol. The predicted octanol–water partition coefficient (Wildman–Crippen LogP) is 7.13. The van der Waals surface area contributed by atoms with Gasteiger partial charge in [-0.15, -0.1) is 0 Å². The molecule has 0 unspecified atom stereocenters. The van der Waals surface area contributed by atoms with Crippen LogP contribution < -0.4 is 9.47 Å². The maximum Gasteiger partial charge on any atom is 0.420 e. The Morgan fingerprint density at radius 3 is 1.18 bits per heavy atom. The maximum atomic E-state index is 14.5. The monoisotopic (exact) mass is 586 g/mol. The number of alkyl halides is 12. The molecular formula is C19H6F12N2O6. The summed E-state index contributed by atoms with van der Waals surface area (Å²) < 4.78 is 174. The van der Waals surface area contributed by atoms with Gasteiger partial charge in [0.1, 0.15) is 22.6 Å². The lowest BCUT2D eigenvalue weighted by Crippen LogP contribution is -2.50. The van der Waals surface area contributed by atoms with Crippen LogP contribution >= 0.6 is 0 Å². The molecule has 0 bridgehead atoms. The second-order valence-electron chi connectivity index (χ2n) is 7.46. The van der Waals surface area contributed by atoms with Gasteiger partial charge in [-0.25, -0.2) is 0 Å². The summed E-state index contributed by atoms with van der Waals surface area (Å²) in [4.78, 5) is 18.7. The summed E-state index contributed by atoms with van der Waals surface area (Å²) in [5, 5.41) is 21.5. The van der Waals surface area contributed by atoms with Gasteiger partial charge in [0.15, 0.2) is 0 Å². The Hall–Kier alpha value is -4.26. The van der Waals surface area contributed by atoms with E-state index in [-0.39, 0.29) is 36.4 Å². The third kappa shape index (κ3) is 4.85. The SMILES string of the molecule is O=[N+]([O-])c1ccc(OC2=C(Oc3ccc([N+](=O)[O-])cc3C(F)(F)F)C(F)(F)C(F)(F)C2(F)F)c(C(F)(F)F)c1. The number of allylic oxidation sites excluding steroid dienone is 2. The molecule has 0 saturated heterocycles. The van der Waals surface area contributed by atoms with E-state index in [4.69, 9.17) is 0 Å². The first-order chi connectivity index (χ1) is 17.5. The van der Waals surface area contributed by atoms with Crippen molar-refractivity contribution in [3.63, 3.8) is 0 Å². The van der Waals surface area contributed by atoms with Gasteiger partial charge >= 0.3 is 30.1 Å². The van der Waals surface area contributed by atoms with Crippen LogP contribution in [0.15, 0.2) is 47.9 Å². The van der Waals surface area contributed by atoms with Gasteiger partial charge in [-0.3, -0.25) is 20.2 Å². The van der Waals surface area contributed by atoms with Crippen molar-refractivity contribution in [1.82, 2.24) is 0 Å². The largest absolute Gasteiger partial charge is 0.451 e. The first-order valence-electron chi connectivity index (χ1n) is 9.49. The number of benzene rings is 2. The summed E-state index contributed by atoms with van der Waals surface area (Å²) in [5.41, 5.74) is -7.22. The lowest BCUT2D eigenvalue weighted by molar-refractivity contribution is -0.385. The Labute approximate surface area is 205 Å². The Balaban J connectivity index is 2.29.